The Bertz CT molecular complexity index is 377. The molecule has 2 nitrogen and oxygen atoms in total. The minimum absolute atomic E-state index is 0.341. The Labute approximate surface area is 97.4 Å². The van der Waals surface area contributed by atoms with E-state index < -0.39 is 0 Å². The quantitative estimate of drug-likeness (QED) is 0.818. The van der Waals surface area contributed by atoms with Crippen molar-refractivity contribution in [2.75, 3.05) is 13.1 Å². The van der Waals surface area contributed by atoms with Crippen LogP contribution in [0.5, 0.6) is 0 Å². The molecular weight excluding hydrogens is 196 g/mol. The molecule has 0 atom stereocenters. The van der Waals surface area contributed by atoms with Gasteiger partial charge in [0.15, 0.2) is 0 Å². The fourth-order valence-electron chi connectivity index (χ4n) is 3.13. The summed E-state index contributed by atoms with van der Waals surface area (Å²) in [6, 6.07) is 8.84. The SMILES string of the molecule is NCC1(N2CCc3ccccc3C2)CCC1. The average Bonchev–Trinajstić information content (AvgIpc) is 2.28. The monoisotopic (exact) mass is 216 g/mol. The molecule has 0 spiro atoms. The summed E-state index contributed by atoms with van der Waals surface area (Å²) in [5, 5.41) is 0. The largest absolute Gasteiger partial charge is 0.329 e. The molecular formula is C14H20N2. The molecule has 0 unspecified atom stereocenters. The maximum Gasteiger partial charge on any atom is 0.0335 e. The van der Waals surface area contributed by atoms with Gasteiger partial charge in [0, 0.05) is 25.2 Å². The van der Waals surface area contributed by atoms with Gasteiger partial charge in [-0.2, -0.15) is 0 Å². The van der Waals surface area contributed by atoms with E-state index in [9.17, 15) is 0 Å². The third kappa shape index (κ3) is 1.48. The Morgan fingerprint density at radius 3 is 2.56 bits per heavy atom. The summed E-state index contributed by atoms with van der Waals surface area (Å²) in [7, 11) is 0. The van der Waals surface area contributed by atoms with E-state index in [0.717, 1.165) is 13.1 Å². The predicted octanol–water partition coefficient (Wildman–Crippen LogP) is 1.93. The van der Waals surface area contributed by atoms with E-state index in [2.05, 4.69) is 29.2 Å². The van der Waals surface area contributed by atoms with Gasteiger partial charge in [0.1, 0.15) is 0 Å². The molecule has 1 heterocycles. The molecule has 2 aliphatic rings. The van der Waals surface area contributed by atoms with E-state index in [0.29, 0.717) is 5.54 Å². The lowest BCUT2D eigenvalue weighted by molar-refractivity contribution is 0.0123. The zero-order chi connectivity index (χ0) is 11.0. The van der Waals surface area contributed by atoms with Gasteiger partial charge in [-0.15, -0.1) is 0 Å². The third-order valence-electron chi connectivity index (χ3n) is 4.47. The van der Waals surface area contributed by atoms with Crippen molar-refractivity contribution in [3.63, 3.8) is 0 Å². The summed E-state index contributed by atoms with van der Waals surface area (Å²) >= 11 is 0. The fraction of sp³-hybridized carbons (Fsp3) is 0.571. The molecule has 0 amide bonds. The molecule has 1 aliphatic heterocycles. The molecule has 0 aromatic heterocycles. The minimum atomic E-state index is 0.341. The first-order valence-electron chi connectivity index (χ1n) is 6.36. The van der Waals surface area contributed by atoms with Crippen LogP contribution in [0.15, 0.2) is 24.3 Å². The predicted molar refractivity (Wildman–Crippen MR) is 66.2 cm³/mol. The van der Waals surface area contributed by atoms with Crippen molar-refractivity contribution in [3.8, 4) is 0 Å². The van der Waals surface area contributed by atoms with E-state index in [4.69, 9.17) is 5.73 Å². The maximum absolute atomic E-state index is 5.98. The Hall–Kier alpha value is -0.860. The smallest absolute Gasteiger partial charge is 0.0335 e. The zero-order valence-electron chi connectivity index (χ0n) is 9.78. The summed E-state index contributed by atoms with van der Waals surface area (Å²) in [5.74, 6) is 0. The molecule has 3 rings (SSSR count). The molecule has 16 heavy (non-hydrogen) atoms. The summed E-state index contributed by atoms with van der Waals surface area (Å²) in [6.07, 6.45) is 5.14. The zero-order valence-corrected chi connectivity index (χ0v) is 9.78. The van der Waals surface area contributed by atoms with Gasteiger partial charge in [-0.05, 0) is 36.8 Å². The van der Waals surface area contributed by atoms with Crippen LogP contribution in [0.1, 0.15) is 30.4 Å². The Kier molecular flexibility index (Phi) is 2.49. The van der Waals surface area contributed by atoms with E-state index in [1.165, 1.54) is 43.4 Å². The highest BCUT2D eigenvalue weighted by Gasteiger charge is 2.41. The van der Waals surface area contributed by atoms with Crippen LogP contribution in [0.25, 0.3) is 0 Å². The van der Waals surface area contributed by atoms with Crippen molar-refractivity contribution in [3.05, 3.63) is 35.4 Å². The molecule has 1 aliphatic carbocycles. The van der Waals surface area contributed by atoms with Crippen LogP contribution >= 0.6 is 0 Å². The van der Waals surface area contributed by atoms with Crippen LogP contribution in [-0.4, -0.2) is 23.5 Å². The lowest BCUT2D eigenvalue weighted by Gasteiger charge is -2.51. The van der Waals surface area contributed by atoms with Crippen molar-refractivity contribution in [1.82, 2.24) is 4.90 Å². The van der Waals surface area contributed by atoms with Gasteiger partial charge < -0.3 is 5.73 Å². The number of rotatable bonds is 2. The second-order valence-electron chi connectivity index (χ2n) is 5.22. The van der Waals surface area contributed by atoms with Gasteiger partial charge in [-0.1, -0.05) is 24.3 Å². The molecule has 86 valence electrons. The van der Waals surface area contributed by atoms with Crippen molar-refractivity contribution < 1.29 is 0 Å². The molecule has 2 N–H and O–H groups in total. The number of hydrogen-bond acceptors (Lipinski definition) is 2. The first-order chi connectivity index (χ1) is 7.84. The lowest BCUT2D eigenvalue weighted by atomic mass is 9.74. The number of hydrogen-bond donors (Lipinski definition) is 1. The molecule has 0 saturated heterocycles. The second-order valence-corrected chi connectivity index (χ2v) is 5.22. The summed E-state index contributed by atoms with van der Waals surface area (Å²) in [4.78, 5) is 2.62. The van der Waals surface area contributed by atoms with E-state index in [-0.39, 0.29) is 0 Å². The number of fused-ring (bicyclic) bond motifs is 1. The third-order valence-corrected chi connectivity index (χ3v) is 4.47. The molecule has 1 saturated carbocycles. The average molecular weight is 216 g/mol. The maximum atomic E-state index is 5.98. The molecule has 2 heteroatoms. The van der Waals surface area contributed by atoms with Crippen molar-refractivity contribution in [1.29, 1.82) is 0 Å². The summed E-state index contributed by atoms with van der Waals surface area (Å²) < 4.78 is 0. The van der Waals surface area contributed by atoms with Crippen LogP contribution in [-0.2, 0) is 13.0 Å². The number of nitrogens with zero attached hydrogens (tertiary/aromatic N) is 1. The molecule has 1 aromatic rings. The van der Waals surface area contributed by atoms with Gasteiger partial charge in [-0.25, -0.2) is 0 Å². The fourth-order valence-corrected chi connectivity index (χ4v) is 3.13. The van der Waals surface area contributed by atoms with Gasteiger partial charge in [0.25, 0.3) is 0 Å². The Morgan fingerprint density at radius 2 is 1.94 bits per heavy atom. The van der Waals surface area contributed by atoms with Crippen molar-refractivity contribution >= 4 is 0 Å². The van der Waals surface area contributed by atoms with Crippen molar-refractivity contribution in [2.24, 2.45) is 5.73 Å². The van der Waals surface area contributed by atoms with Gasteiger partial charge in [0.05, 0.1) is 0 Å². The highest BCUT2D eigenvalue weighted by Crippen LogP contribution is 2.39. The standard InChI is InChI=1S/C14H20N2/c15-11-14(7-3-8-14)16-9-6-12-4-1-2-5-13(12)10-16/h1-2,4-5H,3,6-11,15H2. The van der Waals surface area contributed by atoms with Gasteiger partial charge in [-0.3, -0.25) is 4.90 Å². The highest BCUT2D eigenvalue weighted by atomic mass is 15.2. The first kappa shape index (κ1) is 10.3. The Morgan fingerprint density at radius 1 is 1.19 bits per heavy atom. The lowest BCUT2D eigenvalue weighted by Crippen LogP contribution is -2.59. The van der Waals surface area contributed by atoms with Crippen LogP contribution < -0.4 is 5.73 Å². The molecule has 1 fully saturated rings. The summed E-state index contributed by atoms with van der Waals surface area (Å²) in [6.45, 7) is 3.12. The van der Waals surface area contributed by atoms with Crippen LogP contribution in [0.3, 0.4) is 0 Å². The van der Waals surface area contributed by atoms with E-state index in [1.807, 2.05) is 0 Å². The normalized spacial score (nSPS) is 23.6. The molecule has 0 bridgehead atoms. The number of benzene rings is 1. The Balaban J connectivity index is 1.82. The topological polar surface area (TPSA) is 29.3 Å². The van der Waals surface area contributed by atoms with Gasteiger partial charge >= 0.3 is 0 Å². The van der Waals surface area contributed by atoms with Crippen molar-refractivity contribution in [2.45, 2.75) is 37.8 Å². The summed E-state index contributed by atoms with van der Waals surface area (Å²) in [5.41, 5.74) is 9.36. The van der Waals surface area contributed by atoms with E-state index in [1.54, 1.807) is 0 Å². The van der Waals surface area contributed by atoms with Crippen LogP contribution in [0.2, 0.25) is 0 Å². The molecule has 1 aromatic carbocycles. The van der Waals surface area contributed by atoms with Crippen LogP contribution in [0, 0.1) is 0 Å². The first-order valence-corrected chi connectivity index (χ1v) is 6.36. The highest BCUT2D eigenvalue weighted by molar-refractivity contribution is 5.29. The van der Waals surface area contributed by atoms with Gasteiger partial charge in [0.2, 0.25) is 0 Å². The molecule has 0 radical (unpaired) electrons. The minimum Gasteiger partial charge on any atom is -0.329 e. The van der Waals surface area contributed by atoms with Crippen LogP contribution in [0.4, 0.5) is 0 Å². The number of nitrogens with two attached hydrogens (primary N) is 1. The second kappa shape index (κ2) is 3.86. The van der Waals surface area contributed by atoms with E-state index >= 15 is 0 Å².